The van der Waals surface area contributed by atoms with E-state index in [1.807, 2.05) is 42.5 Å². The third-order valence-electron chi connectivity index (χ3n) is 4.76. The molecule has 0 atom stereocenters. The standard InChI is InChI=1S/C21H25NO3/c1-16-10-12-22(13-11-16)20-14-18(24-2)8-9-19(20)21(23)25-15-17-6-4-3-5-7-17/h3-9,14,16H,10-13,15H2,1-2H3. The number of ether oxygens (including phenoxy) is 2. The van der Waals surface area contributed by atoms with Crippen molar-refractivity contribution in [3.05, 3.63) is 59.7 Å². The van der Waals surface area contributed by atoms with Gasteiger partial charge in [-0.15, -0.1) is 0 Å². The SMILES string of the molecule is COc1ccc(C(=O)OCc2ccccc2)c(N2CCC(C)CC2)c1. The summed E-state index contributed by atoms with van der Waals surface area (Å²) in [5.41, 5.74) is 2.49. The fraction of sp³-hybridized carbons (Fsp3) is 0.381. The summed E-state index contributed by atoms with van der Waals surface area (Å²) in [5, 5.41) is 0. The molecule has 4 heteroatoms. The lowest BCUT2D eigenvalue weighted by Crippen LogP contribution is -2.34. The fourth-order valence-corrected chi connectivity index (χ4v) is 3.12. The summed E-state index contributed by atoms with van der Waals surface area (Å²) in [4.78, 5) is 14.9. The number of hydrogen-bond acceptors (Lipinski definition) is 4. The molecular formula is C21H25NO3. The molecule has 0 spiro atoms. The van der Waals surface area contributed by atoms with Crippen LogP contribution < -0.4 is 9.64 Å². The number of anilines is 1. The number of methoxy groups -OCH3 is 1. The van der Waals surface area contributed by atoms with Crippen molar-refractivity contribution >= 4 is 11.7 Å². The van der Waals surface area contributed by atoms with E-state index in [0.29, 0.717) is 5.56 Å². The van der Waals surface area contributed by atoms with E-state index in [9.17, 15) is 4.79 Å². The molecule has 2 aromatic rings. The largest absolute Gasteiger partial charge is 0.497 e. The van der Waals surface area contributed by atoms with E-state index in [-0.39, 0.29) is 12.6 Å². The summed E-state index contributed by atoms with van der Waals surface area (Å²) in [6, 6.07) is 15.3. The molecule has 1 aliphatic rings. The summed E-state index contributed by atoms with van der Waals surface area (Å²) in [5.74, 6) is 1.20. The van der Waals surface area contributed by atoms with Crippen LogP contribution in [0.15, 0.2) is 48.5 Å². The Morgan fingerprint density at radius 1 is 1.12 bits per heavy atom. The summed E-state index contributed by atoms with van der Waals surface area (Å²) >= 11 is 0. The molecule has 1 aliphatic heterocycles. The van der Waals surface area contributed by atoms with Crippen LogP contribution in [-0.2, 0) is 11.3 Å². The Morgan fingerprint density at radius 2 is 1.84 bits per heavy atom. The van der Waals surface area contributed by atoms with Gasteiger partial charge >= 0.3 is 5.97 Å². The molecule has 0 aliphatic carbocycles. The lowest BCUT2D eigenvalue weighted by molar-refractivity contribution is 0.0473. The molecule has 0 aromatic heterocycles. The zero-order valence-electron chi connectivity index (χ0n) is 14.9. The average molecular weight is 339 g/mol. The van der Waals surface area contributed by atoms with Gasteiger partial charge in [0.2, 0.25) is 0 Å². The number of benzene rings is 2. The van der Waals surface area contributed by atoms with E-state index in [2.05, 4.69) is 11.8 Å². The Hall–Kier alpha value is -2.49. The maximum Gasteiger partial charge on any atom is 0.340 e. The van der Waals surface area contributed by atoms with E-state index >= 15 is 0 Å². The number of rotatable bonds is 5. The highest BCUT2D eigenvalue weighted by atomic mass is 16.5. The molecular weight excluding hydrogens is 314 g/mol. The lowest BCUT2D eigenvalue weighted by atomic mass is 9.98. The van der Waals surface area contributed by atoms with Crippen LogP contribution >= 0.6 is 0 Å². The van der Waals surface area contributed by atoms with Gasteiger partial charge in [0.05, 0.1) is 18.4 Å². The molecule has 25 heavy (non-hydrogen) atoms. The third-order valence-corrected chi connectivity index (χ3v) is 4.76. The number of carbonyl (C=O) groups is 1. The molecule has 0 amide bonds. The van der Waals surface area contributed by atoms with Gasteiger partial charge in [-0.1, -0.05) is 37.3 Å². The Balaban J connectivity index is 1.78. The molecule has 1 saturated heterocycles. The molecule has 1 heterocycles. The molecule has 132 valence electrons. The topological polar surface area (TPSA) is 38.8 Å². The van der Waals surface area contributed by atoms with Crippen LogP contribution in [0.3, 0.4) is 0 Å². The van der Waals surface area contributed by atoms with Crippen molar-refractivity contribution in [3.8, 4) is 5.75 Å². The van der Waals surface area contributed by atoms with Gasteiger partial charge in [-0.25, -0.2) is 4.79 Å². The minimum absolute atomic E-state index is 0.280. The van der Waals surface area contributed by atoms with Crippen LogP contribution in [0, 0.1) is 5.92 Å². The number of carbonyl (C=O) groups excluding carboxylic acids is 1. The molecule has 0 unspecified atom stereocenters. The van der Waals surface area contributed by atoms with E-state index < -0.39 is 0 Å². The zero-order valence-corrected chi connectivity index (χ0v) is 14.9. The van der Waals surface area contributed by atoms with Gasteiger partial charge < -0.3 is 14.4 Å². The van der Waals surface area contributed by atoms with Crippen LogP contribution in [0.1, 0.15) is 35.7 Å². The minimum Gasteiger partial charge on any atom is -0.497 e. The highest BCUT2D eigenvalue weighted by molar-refractivity contribution is 5.96. The first-order valence-corrected chi connectivity index (χ1v) is 8.81. The summed E-state index contributed by atoms with van der Waals surface area (Å²) in [6.45, 7) is 4.46. The fourth-order valence-electron chi connectivity index (χ4n) is 3.12. The molecule has 0 N–H and O–H groups in total. The van der Waals surface area contributed by atoms with Crippen LogP contribution in [0.25, 0.3) is 0 Å². The monoisotopic (exact) mass is 339 g/mol. The normalized spacial score (nSPS) is 15.0. The molecule has 0 saturated carbocycles. The second kappa shape index (κ2) is 8.06. The average Bonchev–Trinajstić information content (AvgIpc) is 2.67. The maximum atomic E-state index is 12.7. The highest BCUT2D eigenvalue weighted by Gasteiger charge is 2.22. The van der Waals surface area contributed by atoms with Crippen LogP contribution in [0.2, 0.25) is 0 Å². The van der Waals surface area contributed by atoms with E-state index in [4.69, 9.17) is 9.47 Å². The van der Waals surface area contributed by atoms with Crippen molar-refractivity contribution in [3.63, 3.8) is 0 Å². The first kappa shape index (κ1) is 17.3. The van der Waals surface area contributed by atoms with Crippen molar-refractivity contribution < 1.29 is 14.3 Å². The zero-order chi connectivity index (χ0) is 17.6. The van der Waals surface area contributed by atoms with Crippen molar-refractivity contribution in [2.45, 2.75) is 26.4 Å². The summed E-state index contributed by atoms with van der Waals surface area (Å²) in [7, 11) is 1.64. The minimum atomic E-state index is -0.292. The van der Waals surface area contributed by atoms with Gasteiger partial charge in [-0.05, 0) is 36.5 Å². The Labute approximate surface area is 149 Å². The Bertz CT molecular complexity index is 706. The summed E-state index contributed by atoms with van der Waals surface area (Å²) < 4.78 is 10.9. The third kappa shape index (κ3) is 4.32. The first-order valence-electron chi connectivity index (χ1n) is 8.81. The van der Waals surface area contributed by atoms with Crippen molar-refractivity contribution in [1.29, 1.82) is 0 Å². The Morgan fingerprint density at radius 3 is 2.52 bits per heavy atom. The lowest BCUT2D eigenvalue weighted by Gasteiger charge is -2.33. The second-order valence-electron chi connectivity index (χ2n) is 6.61. The highest BCUT2D eigenvalue weighted by Crippen LogP contribution is 2.30. The van der Waals surface area contributed by atoms with Gasteiger partial charge in [0, 0.05) is 19.2 Å². The van der Waals surface area contributed by atoms with Crippen LogP contribution in [0.4, 0.5) is 5.69 Å². The van der Waals surface area contributed by atoms with Gasteiger partial charge in [-0.2, -0.15) is 0 Å². The quantitative estimate of drug-likeness (QED) is 0.762. The van der Waals surface area contributed by atoms with Crippen molar-refractivity contribution in [1.82, 2.24) is 0 Å². The van der Waals surface area contributed by atoms with Gasteiger partial charge in [0.15, 0.2) is 0 Å². The first-order chi connectivity index (χ1) is 12.2. The van der Waals surface area contributed by atoms with E-state index in [1.165, 1.54) is 0 Å². The molecule has 4 nitrogen and oxygen atoms in total. The number of hydrogen-bond donors (Lipinski definition) is 0. The van der Waals surface area contributed by atoms with Crippen LogP contribution in [-0.4, -0.2) is 26.2 Å². The van der Waals surface area contributed by atoms with Crippen molar-refractivity contribution in [2.75, 3.05) is 25.1 Å². The number of piperidine rings is 1. The molecule has 0 bridgehead atoms. The molecule has 1 fully saturated rings. The van der Waals surface area contributed by atoms with Crippen LogP contribution in [0.5, 0.6) is 5.75 Å². The second-order valence-corrected chi connectivity index (χ2v) is 6.61. The predicted molar refractivity (Wildman–Crippen MR) is 99.2 cm³/mol. The van der Waals surface area contributed by atoms with Gasteiger partial charge in [0.1, 0.15) is 12.4 Å². The van der Waals surface area contributed by atoms with E-state index in [0.717, 1.165) is 48.8 Å². The Kier molecular flexibility index (Phi) is 5.59. The molecule has 0 radical (unpaired) electrons. The summed E-state index contributed by atoms with van der Waals surface area (Å²) in [6.07, 6.45) is 2.27. The van der Waals surface area contributed by atoms with Gasteiger partial charge in [-0.3, -0.25) is 0 Å². The predicted octanol–water partition coefficient (Wildman–Crippen LogP) is 4.29. The molecule has 3 rings (SSSR count). The number of nitrogens with zero attached hydrogens (tertiary/aromatic N) is 1. The van der Waals surface area contributed by atoms with E-state index in [1.54, 1.807) is 13.2 Å². The van der Waals surface area contributed by atoms with Crippen molar-refractivity contribution in [2.24, 2.45) is 5.92 Å². The maximum absolute atomic E-state index is 12.7. The molecule has 2 aromatic carbocycles. The van der Waals surface area contributed by atoms with Gasteiger partial charge in [0.25, 0.3) is 0 Å². The number of esters is 1. The smallest absolute Gasteiger partial charge is 0.340 e.